The van der Waals surface area contributed by atoms with Gasteiger partial charge in [-0.25, -0.2) is 4.79 Å². The third kappa shape index (κ3) is 3.54. The van der Waals surface area contributed by atoms with Gasteiger partial charge in [-0.3, -0.25) is 9.59 Å². The average Bonchev–Trinajstić information content (AvgIpc) is 3.62. The summed E-state index contributed by atoms with van der Waals surface area (Å²) in [4.78, 5) is 38.0. The van der Waals surface area contributed by atoms with Crippen LogP contribution in [0.2, 0.25) is 0 Å². The molecule has 2 N–H and O–H groups in total. The van der Waals surface area contributed by atoms with Gasteiger partial charge >= 0.3 is 12.1 Å². The first-order valence-corrected chi connectivity index (χ1v) is 11.6. The standard InChI is InChI=1S/C26H23N3O6/c30-24(29-12-14-9-22(29)23(14)25(31)32)21-10-15(35-28-21)11-27-26(33)34-13-20-18-7-3-1-5-16(18)17-6-2-4-8-19(17)20/h1-8,10,14,20,22-23H,9,11-13H2,(H,27,33)(H,31,32). The lowest BCUT2D eigenvalue weighted by atomic mass is 9.74. The largest absolute Gasteiger partial charge is 0.481 e. The van der Waals surface area contributed by atoms with E-state index in [1.807, 2.05) is 24.3 Å². The van der Waals surface area contributed by atoms with Gasteiger partial charge in [-0.1, -0.05) is 53.7 Å². The van der Waals surface area contributed by atoms with Gasteiger partial charge in [0.1, 0.15) is 6.61 Å². The molecule has 9 heteroatoms. The lowest BCUT2D eigenvalue weighted by Gasteiger charge is -2.32. The van der Waals surface area contributed by atoms with Crippen LogP contribution in [0.4, 0.5) is 4.79 Å². The molecule has 3 unspecified atom stereocenters. The number of hydrogen-bond acceptors (Lipinski definition) is 6. The van der Waals surface area contributed by atoms with E-state index in [4.69, 9.17) is 9.26 Å². The molecule has 1 saturated carbocycles. The summed E-state index contributed by atoms with van der Waals surface area (Å²) in [5.74, 6) is -1.44. The van der Waals surface area contributed by atoms with Gasteiger partial charge < -0.3 is 24.6 Å². The summed E-state index contributed by atoms with van der Waals surface area (Å²) < 4.78 is 10.7. The Bertz CT molecular complexity index is 1290. The number of carbonyl (C=O) groups is 3. The van der Waals surface area contributed by atoms with Crippen LogP contribution in [-0.2, 0) is 16.1 Å². The summed E-state index contributed by atoms with van der Waals surface area (Å²) in [5.41, 5.74) is 4.67. The second-order valence-electron chi connectivity index (χ2n) is 9.24. The third-order valence-electron chi connectivity index (χ3n) is 7.37. The highest BCUT2D eigenvalue weighted by Gasteiger charge is 2.57. The Hall–Kier alpha value is -4.14. The number of alkyl carbamates (subject to hydrolysis) is 1. The summed E-state index contributed by atoms with van der Waals surface area (Å²) in [6.45, 7) is 0.629. The second kappa shape index (κ2) is 8.26. The minimum absolute atomic E-state index is 0.00283. The number of carbonyl (C=O) groups excluding carboxylic acids is 2. The smallest absolute Gasteiger partial charge is 0.407 e. The van der Waals surface area contributed by atoms with E-state index in [0.29, 0.717) is 18.7 Å². The molecule has 0 radical (unpaired) electrons. The Morgan fingerprint density at radius 2 is 1.77 bits per heavy atom. The fraction of sp³-hybridized carbons (Fsp3) is 0.308. The predicted molar refractivity (Wildman–Crippen MR) is 122 cm³/mol. The fourth-order valence-corrected chi connectivity index (χ4v) is 5.67. The maximum atomic E-state index is 12.8. The van der Waals surface area contributed by atoms with E-state index < -0.39 is 18.0 Å². The number of benzene rings is 2. The van der Waals surface area contributed by atoms with E-state index in [9.17, 15) is 19.5 Å². The van der Waals surface area contributed by atoms with Crippen LogP contribution in [0.25, 0.3) is 11.1 Å². The van der Waals surface area contributed by atoms with Crippen molar-refractivity contribution in [1.29, 1.82) is 0 Å². The van der Waals surface area contributed by atoms with Crippen LogP contribution in [0.15, 0.2) is 59.1 Å². The van der Waals surface area contributed by atoms with Crippen molar-refractivity contribution >= 4 is 18.0 Å². The van der Waals surface area contributed by atoms with Crippen LogP contribution in [-0.4, -0.2) is 52.3 Å². The van der Waals surface area contributed by atoms with Crippen molar-refractivity contribution < 1.29 is 28.8 Å². The molecule has 7 rings (SSSR count). The van der Waals surface area contributed by atoms with Crippen molar-refractivity contribution in [2.24, 2.45) is 11.8 Å². The summed E-state index contributed by atoms with van der Waals surface area (Å²) in [6.07, 6.45) is 0.109. The molecule has 4 aliphatic rings. The molecule has 0 spiro atoms. The van der Waals surface area contributed by atoms with Crippen molar-refractivity contribution in [2.45, 2.75) is 24.9 Å². The van der Waals surface area contributed by atoms with Gasteiger partial charge in [0.25, 0.3) is 5.91 Å². The van der Waals surface area contributed by atoms with Crippen LogP contribution in [0.5, 0.6) is 0 Å². The third-order valence-corrected chi connectivity index (χ3v) is 7.37. The molecule has 2 aliphatic carbocycles. The maximum absolute atomic E-state index is 12.8. The monoisotopic (exact) mass is 473 g/mol. The molecule has 3 heterocycles. The molecule has 3 fully saturated rings. The number of hydrogen-bond donors (Lipinski definition) is 2. The molecule has 2 saturated heterocycles. The Morgan fingerprint density at radius 1 is 1.09 bits per heavy atom. The molecule has 9 nitrogen and oxygen atoms in total. The Kier molecular flexibility index (Phi) is 5.05. The van der Waals surface area contributed by atoms with Gasteiger partial charge in [-0.15, -0.1) is 0 Å². The molecule has 35 heavy (non-hydrogen) atoms. The number of nitrogens with zero attached hydrogens (tertiary/aromatic N) is 2. The topological polar surface area (TPSA) is 122 Å². The van der Waals surface area contributed by atoms with Crippen molar-refractivity contribution in [3.63, 3.8) is 0 Å². The maximum Gasteiger partial charge on any atom is 0.407 e. The van der Waals surface area contributed by atoms with Crippen LogP contribution in [0.3, 0.4) is 0 Å². The number of ether oxygens (including phenoxy) is 1. The van der Waals surface area contributed by atoms with Gasteiger partial charge in [0.05, 0.1) is 12.5 Å². The van der Waals surface area contributed by atoms with E-state index in [2.05, 4.69) is 34.7 Å². The number of aliphatic carboxylic acids is 1. The highest BCUT2D eigenvalue weighted by molar-refractivity contribution is 5.94. The van der Waals surface area contributed by atoms with Gasteiger partial charge in [0.15, 0.2) is 11.5 Å². The van der Waals surface area contributed by atoms with Gasteiger partial charge in [-0.05, 0) is 34.6 Å². The second-order valence-corrected chi connectivity index (χ2v) is 9.24. The SMILES string of the molecule is O=C(NCc1cc(C(=O)N2CC3CC2C3C(=O)O)no1)OCC1c2ccccc2-c2ccccc21. The molecular formula is C26H23N3O6. The molecular weight excluding hydrogens is 450 g/mol. The summed E-state index contributed by atoms with van der Waals surface area (Å²) in [7, 11) is 0. The zero-order valence-electron chi connectivity index (χ0n) is 18.7. The minimum Gasteiger partial charge on any atom is -0.481 e. The summed E-state index contributed by atoms with van der Waals surface area (Å²) in [6, 6.07) is 17.4. The van der Waals surface area contributed by atoms with E-state index in [-0.39, 0.29) is 42.6 Å². The number of amides is 2. The van der Waals surface area contributed by atoms with Gasteiger partial charge in [-0.2, -0.15) is 0 Å². The molecule has 2 aromatic carbocycles. The fourth-order valence-electron chi connectivity index (χ4n) is 5.67. The Balaban J connectivity index is 1.04. The zero-order chi connectivity index (χ0) is 24.1. The van der Waals surface area contributed by atoms with E-state index in [0.717, 1.165) is 22.3 Å². The first-order valence-electron chi connectivity index (χ1n) is 11.6. The normalized spacial score (nSPS) is 21.7. The lowest BCUT2D eigenvalue weighted by Crippen LogP contribution is -2.45. The van der Waals surface area contributed by atoms with Crippen LogP contribution < -0.4 is 5.32 Å². The van der Waals surface area contributed by atoms with Crippen molar-refractivity contribution in [2.75, 3.05) is 13.2 Å². The first kappa shape index (κ1) is 21.4. The van der Waals surface area contributed by atoms with E-state index in [1.165, 1.54) is 6.07 Å². The minimum atomic E-state index is -0.866. The van der Waals surface area contributed by atoms with E-state index in [1.54, 1.807) is 4.90 Å². The van der Waals surface area contributed by atoms with Gasteiger partial charge in [0.2, 0.25) is 0 Å². The number of carboxylic acid groups (broad SMARTS) is 1. The summed E-state index contributed by atoms with van der Waals surface area (Å²) >= 11 is 0. The van der Waals surface area contributed by atoms with Crippen molar-refractivity contribution in [1.82, 2.24) is 15.4 Å². The van der Waals surface area contributed by atoms with Crippen molar-refractivity contribution in [3.8, 4) is 11.1 Å². The molecule has 2 amide bonds. The average molecular weight is 473 g/mol. The van der Waals surface area contributed by atoms with Crippen LogP contribution >= 0.6 is 0 Å². The molecule has 1 aromatic heterocycles. The number of fused-ring (bicyclic) bond motifs is 4. The molecule has 178 valence electrons. The van der Waals surface area contributed by atoms with Crippen LogP contribution in [0, 0.1) is 11.8 Å². The quantitative estimate of drug-likeness (QED) is 0.563. The van der Waals surface area contributed by atoms with Crippen LogP contribution in [0.1, 0.15) is 39.7 Å². The highest BCUT2D eigenvalue weighted by Crippen LogP contribution is 2.47. The molecule has 3 aromatic rings. The first-order chi connectivity index (χ1) is 17.0. The molecule has 2 aliphatic heterocycles. The predicted octanol–water partition coefficient (Wildman–Crippen LogP) is 3.26. The van der Waals surface area contributed by atoms with Gasteiger partial charge in [0, 0.05) is 24.6 Å². The number of carboxylic acids is 1. The zero-order valence-corrected chi connectivity index (χ0v) is 18.7. The Labute approximate surface area is 200 Å². The molecule has 2 bridgehead atoms. The highest BCUT2D eigenvalue weighted by atomic mass is 16.5. The summed E-state index contributed by atoms with van der Waals surface area (Å²) in [5, 5.41) is 15.7. The lowest BCUT2D eigenvalue weighted by molar-refractivity contribution is -0.147. The van der Waals surface area contributed by atoms with Crippen molar-refractivity contribution in [3.05, 3.63) is 77.2 Å². The Morgan fingerprint density at radius 3 is 2.43 bits per heavy atom. The van der Waals surface area contributed by atoms with E-state index >= 15 is 0 Å². The number of aromatic nitrogens is 1. The number of rotatable bonds is 6. The molecule has 3 atom stereocenters. The number of nitrogens with one attached hydrogen (secondary N) is 1.